The molecule has 3 unspecified atom stereocenters. The molecule has 1 N–H and O–H groups in total. The van der Waals surface area contributed by atoms with Crippen molar-refractivity contribution >= 4 is 0 Å². The zero-order valence-electron chi connectivity index (χ0n) is 14.1. The van der Waals surface area contributed by atoms with Gasteiger partial charge in [-0.2, -0.15) is 0 Å². The number of aryl methyl sites for hydroxylation is 1. The molecular weight excluding hydrogens is 291 g/mol. The molecule has 3 heterocycles. The molecule has 128 valence electrons. The smallest absolute Gasteiger partial charge is 0.123 e. The van der Waals surface area contributed by atoms with Gasteiger partial charge in [-0.25, -0.2) is 4.39 Å². The minimum Gasteiger partial charge on any atom is -0.366 e. The summed E-state index contributed by atoms with van der Waals surface area (Å²) < 4.78 is 18.7. The number of benzene rings is 1. The van der Waals surface area contributed by atoms with Gasteiger partial charge in [0.05, 0.1) is 0 Å². The second kappa shape index (κ2) is 8.22. The summed E-state index contributed by atoms with van der Waals surface area (Å²) in [5.74, 6) is 0.628. The second-order valence-corrected chi connectivity index (χ2v) is 7.07. The van der Waals surface area contributed by atoms with Gasteiger partial charge in [-0.15, -0.1) is 0 Å². The van der Waals surface area contributed by atoms with Crippen LogP contribution in [0.1, 0.15) is 37.7 Å². The average Bonchev–Trinajstić information content (AvgIpc) is 2.90. The minimum atomic E-state index is -0.155. The highest BCUT2D eigenvalue weighted by atomic mass is 19.1. The van der Waals surface area contributed by atoms with Gasteiger partial charge in [-0.1, -0.05) is 12.1 Å². The van der Waals surface area contributed by atoms with Crippen molar-refractivity contribution in [2.24, 2.45) is 5.92 Å². The van der Waals surface area contributed by atoms with Crippen molar-refractivity contribution in [3.05, 3.63) is 35.6 Å². The van der Waals surface area contributed by atoms with Crippen LogP contribution in [0.5, 0.6) is 0 Å². The summed E-state index contributed by atoms with van der Waals surface area (Å²) >= 11 is 0. The fourth-order valence-electron chi connectivity index (χ4n) is 3.96. The van der Waals surface area contributed by atoms with E-state index in [1.807, 2.05) is 19.2 Å². The third-order valence-corrected chi connectivity index (χ3v) is 5.33. The van der Waals surface area contributed by atoms with Gasteiger partial charge < -0.3 is 10.1 Å². The Kier molecular flexibility index (Phi) is 6.03. The van der Waals surface area contributed by atoms with E-state index in [1.54, 1.807) is 12.1 Å². The summed E-state index contributed by atoms with van der Waals surface area (Å²) in [5.41, 5.74) is 1.22. The van der Waals surface area contributed by atoms with E-state index >= 15 is 0 Å². The summed E-state index contributed by atoms with van der Waals surface area (Å²) in [6.07, 6.45) is 7.28. The molecule has 0 aromatic heterocycles. The number of rotatable bonds is 7. The molecule has 0 saturated carbocycles. The molecule has 3 aliphatic rings. The molecule has 3 saturated heterocycles. The van der Waals surface area contributed by atoms with Gasteiger partial charge in [0.25, 0.3) is 0 Å². The maximum atomic E-state index is 12.9. The maximum Gasteiger partial charge on any atom is 0.123 e. The van der Waals surface area contributed by atoms with Crippen molar-refractivity contribution in [3.63, 3.8) is 0 Å². The van der Waals surface area contributed by atoms with E-state index in [0.717, 1.165) is 38.1 Å². The highest BCUT2D eigenvalue weighted by Gasteiger charge is 2.32. The third kappa shape index (κ3) is 4.75. The first-order chi connectivity index (χ1) is 11.2. The number of unbranched alkanes of at least 4 members (excludes halogenated alkanes) is 1. The largest absolute Gasteiger partial charge is 0.366 e. The molecule has 0 radical (unpaired) electrons. The Morgan fingerprint density at radius 3 is 2.74 bits per heavy atom. The third-order valence-electron chi connectivity index (χ3n) is 5.33. The van der Waals surface area contributed by atoms with Crippen LogP contribution in [0.4, 0.5) is 4.39 Å². The summed E-state index contributed by atoms with van der Waals surface area (Å²) in [5, 5.41) is 3.66. The average molecular weight is 320 g/mol. The van der Waals surface area contributed by atoms with Crippen LogP contribution >= 0.6 is 0 Å². The molecule has 0 aliphatic carbocycles. The molecule has 1 aromatic rings. The van der Waals surface area contributed by atoms with E-state index in [-0.39, 0.29) is 12.0 Å². The fourth-order valence-corrected chi connectivity index (χ4v) is 3.96. The first-order valence-corrected chi connectivity index (χ1v) is 8.99. The normalized spacial score (nSPS) is 26.2. The molecule has 4 rings (SSSR count). The van der Waals surface area contributed by atoms with Crippen LogP contribution < -0.4 is 5.32 Å². The van der Waals surface area contributed by atoms with Crippen LogP contribution in [0, 0.1) is 11.7 Å². The Labute approximate surface area is 139 Å². The van der Waals surface area contributed by atoms with Crippen molar-refractivity contribution in [2.75, 3.05) is 26.7 Å². The predicted octanol–water partition coefficient (Wildman–Crippen LogP) is 3.19. The van der Waals surface area contributed by atoms with E-state index in [9.17, 15) is 4.39 Å². The molecule has 3 fully saturated rings. The molecule has 4 heteroatoms. The molecule has 0 spiro atoms. The van der Waals surface area contributed by atoms with Crippen LogP contribution in [0.25, 0.3) is 0 Å². The van der Waals surface area contributed by atoms with Gasteiger partial charge in [-0.3, -0.25) is 4.90 Å². The van der Waals surface area contributed by atoms with Gasteiger partial charge in [0.2, 0.25) is 0 Å². The van der Waals surface area contributed by atoms with Crippen molar-refractivity contribution in [1.82, 2.24) is 10.2 Å². The number of piperidine rings is 1. The number of fused-ring (bicyclic) bond motifs is 4. The Morgan fingerprint density at radius 2 is 2.04 bits per heavy atom. The lowest BCUT2D eigenvalue weighted by Gasteiger charge is -2.30. The first kappa shape index (κ1) is 16.9. The highest BCUT2D eigenvalue weighted by molar-refractivity contribution is 5.15. The monoisotopic (exact) mass is 320 g/mol. The molecule has 3 nitrogen and oxygen atoms in total. The quantitative estimate of drug-likeness (QED) is 0.781. The van der Waals surface area contributed by atoms with Crippen LogP contribution in [-0.2, 0) is 11.2 Å². The van der Waals surface area contributed by atoms with E-state index in [1.165, 1.54) is 31.5 Å². The van der Waals surface area contributed by atoms with E-state index in [4.69, 9.17) is 4.74 Å². The minimum absolute atomic E-state index is 0.155. The summed E-state index contributed by atoms with van der Waals surface area (Å²) in [6, 6.07) is 7.52. The van der Waals surface area contributed by atoms with Gasteiger partial charge in [0.1, 0.15) is 12.0 Å². The molecular formula is C19H29FN2O. The molecule has 2 bridgehead atoms. The van der Waals surface area contributed by atoms with Gasteiger partial charge in [0, 0.05) is 26.2 Å². The van der Waals surface area contributed by atoms with Crippen molar-refractivity contribution in [2.45, 2.75) is 50.8 Å². The number of nitrogens with one attached hydrogen (secondary N) is 1. The molecule has 3 atom stereocenters. The number of halogens is 1. The lowest BCUT2D eigenvalue weighted by Crippen LogP contribution is -2.43. The van der Waals surface area contributed by atoms with E-state index in [2.05, 4.69) is 10.2 Å². The lowest BCUT2D eigenvalue weighted by atomic mass is 9.97. The van der Waals surface area contributed by atoms with Crippen molar-refractivity contribution < 1.29 is 9.13 Å². The standard InChI is InChI=1S/C19H29FN2O/c1-23-19(22-13-16-8-11-18(14-22)21-12-16)5-3-2-4-15-6-9-17(20)10-7-15/h6-7,9-10,16,18-19,21H,2-5,8,11-14H2,1H3. The molecule has 23 heavy (non-hydrogen) atoms. The van der Waals surface area contributed by atoms with Gasteiger partial charge in [0.15, 0.2) is 0 Å². The summed E-state index contributed by atoms with van der Waals surface area (Å²) in [7, 11) is 1.84. The van der Waals surface area contributed by atoms with E-state index in [0.29, 0.717) is 6.04 Å². The molecule has 1 aromatic carbocycles. The van der Waals surface area contributed by atoms with Crippen LogP contribution in [0.15, 0.2) is 24.3 Å². The Balaban J connectivity index is 1.43. The predicted molar refractivity (Wildman–Crippen MR) is 90.8 cm³/mol. The number of hydrogen-bond donors (Lipinski definition) is 1. The zero-order valence-corrected chi connectivity index (χ0v) is 14.1. The van der Waals surface area contributed by atoms with Crippen molar-refractivity contribution in [3.8, 4) is 0 Å². The maximum absolute atomic E-state index is 12.9. The Bertz CT molecular complexity index is 457. The highest BCUT2D eigenvalue weighted by Crippen LogP contribution is 2.24. The summed E-state index contributed by atoms with van der Waals surface area (Å²) in [4.78, 5) is 2.54. The van der Waals surface area contributed by atoms with Gasteiger partial charge in [-0.05, 0) is 68.7 Å². The molecule has 3 aliphatic heterocycles. The van der Waals surface area contributed by atoms with Crippen LogP contribution in [0.2, 0.25) is 0 Å². The Morgan fingerprint density at radius 1 is 1.22 bits per heavy atom. The van der Waals surface area contributed by atoms with Gasteiger partial charge >= 0.3 is 0 Å². The number of methoxy groups -OCH3 is 1. The number of ether oxygens (including phenoxy) is 1. The van der Waals surface area contributed by atoms with Crippen LogP contribution in [0.3, 0.4) is 0 Å². The zero-order chi connectivity index (χ0) is 16.1. The summed E-state index contributed by atoms with van der Waals surface area (Å²) in [6.45, 7) is 3.45. The fraction of sp³-hybridized carbons (Fsp3) is 0.684. The van der Waals surface area contributed by atoms with Crippen molar-refractivity contribution in [1.29, 1.82) is 0 Å². The number of hydrogen-bond acceptors (Lipinski definition) is 3. The first-order valence-electron chi connectivity index (χ1n) is 8.99. The van der Waals surface area contributed by atoms with E-state index < -0.39 is 0 Å². The Hall–Kier alpha value is -0.970. The topological polar surface area (TPSA) is 24.5 Å². The molecule has 0 amide bonds. The van der Waals surface area contributed by atoms with Crippen LogP contribution in [-0.4, -0.2) is 43.9 Å². The number of nitrogens with zero attached hydrogens (tertiary/aromatic N) is 1. The SMILES string of the molecule is COC(CCCCc1ccc(F)cc1)N1CC2CCC(C1)NC2. The lowest BCUT2D eigenvalue weighted by molar-refractivity contribution is -0.0407. The second-order valence-electron chi connectivity index (χ2n) is 7.07.